The van der Waals surface area contributed by atoms with Crippen LogP contribution in [0.2, 0.25) is 0 Å². The summed E-state index contributed by atoms with van der Waals surface area (Å²) < 4.78 is 37.6. The van der Waals surface area contributed by atoms with Gasteiger partial charge in [0.05, 0.1) is 24.7 Å². The predicted octanol–water partition coefficient (Wildman–Crippen LogP) is -0.0736. The number of benzene rings is 1. The quantitative estimate of drug-likeness (QED) is 0.491. The Hall–Kier alpha value is -2.05. The van der Waals surface area contributed by atoms with Crippen LogP contribution >= 0.6 is 0 Å². The Kier molecular flexibility index (Phi) is 9.21. The third kappa shape index (κ3) is 6.73. The molecule has 2 heterocycles. The number of amides is 2. The third-order valence-corrected chi connectivity index (χ3v) is 7.82. The van der Waals surface area contributed by atoms with Crippen molar-refractivity contribution in [1.29, 1.82) is 0 Å². The van der Waals surface area contributed by atoms with Gasteiger partial charge in [0.2, 0.25) is 15.9 Å². The van der Waals surface area contributed by atoms with E-state index in [2.05, 4.69) is 5.32 Å². The van der Waals surface area contributed by atoms with Crippen molar-refractivity contribution in [3.63, 3.8) is 0 Å². The molecular weight excluding hydrogens is 448 g/mol. The molecule has 0 aliphatic carbocycles. The summed E-state index contributed by atoms with van der Waals surface area (Å²) in [6.45, 7) is 6.77. The fraction of sp³-hybridized carbons (Fsp3) is 0.636. The molecule has 0 atom stereocenters. The number of ether oxygens (including phenoxy) is 2. The molecule has 0 radical (unpaired) electrons. The Morgan fingerprint density at radius 3 is 2.45 bits per heavy atom. The fourth-order valence-corrected chi connectivity index (χ4v) is 5.35. The fourth-order valence-electron chi connectivity index (χ4n) is 3.91. The molecule has 33 heavy (non-hydrogen) atoms. The van der Waals surface area contributed by atoms with E-state index >= 15 is 0 Å². The highest BCUT2D eigenvalue weighted by molar-refractivity contribution is 7.89. The highest BCUT2D eigenvalue weighted by Crippen LogP contribution is 2.22. The number of nitrogens with one attached hydrogen (secondary N) is 1. The number of hydrogen-bond acceptors (Lipinski definition) is 7. The van der Waals surface area contributed by atoms with E-state index in [1.807, 2.05) is 11.8 Å². The summed E-state index contributed by atoms with van der Waals surface area (Å²) in [7, 11) is -2.05. The maximum atomic E-state index is 13.2. The van der Waals surface area contributed by atoms with E-state index in [4.69, 9.17) is 9.47 Å². The van der Waals surface area contributed by atoms with E-state index in [1.165, 1.54) is 10.4 Å². The maximum absolute atomic E-state index is 13.2. The Balaban J connectivity index is 1.58. The average molecular weight is 483 g/mol. The van der Waals surface area contributed by atoms with Crippen molar-refractivity contribution < 1.29 is 27.5 Å². The normalized spacial score (nSPS) is 18.3. The first kappa shape index (κ1) is 25.6. The van der Waals surface area contributed by atoms with Crippen LogP contribution in [0.3, 0.4) is 0 Å². The predicted molar refractivity (Wildman–Crippen MR) is 123 cm³/mol. The molecule has 2 fully saturated rings. The Morgan fingerprint density at radius 1 is 1.09 bits per heavy atom. The number of morpholine rings is 1. The zero-order valence-corrected chi connectivity index (χ0v) is 20.2. The third-order valence-electron chi connectivity index (χ3n) is 5.92. The van der Waals surface area contributed by atoms with E-state index in [1.54, 1.807) is 24.1 Å². The molecule has 2 saturated heterocycles. The number of hydrogen-bond donors (Lipinski definition) is 1. The SMILES string of the molecule is COCCCNC(=O)CN1CCN(C(=O)c2cc(S(=O)(=O)N3CCOCC3)ccc2C)CC1. The van der Waals surface area contributed by atoms with E-state index in [0.717, 1.165) is 12.0 Å². The van der Waals surface area contributed by atoms with Crippen molar-refractivity contribution in [2.75, 3.05) is 79.3 Å². The van der Waals surface area contributed by atoms with Gasteiger partial charge in [-0.3, -0.25) is 14.5 Å². The van der Waals surface area contributed by atoms with Crippen LogP contribution in [-0.2, 0) is 24.3 Å². The lowest BCUT2D eigenvalue weighted by atomic mass is 10.1. The molecule has 2 aliphatic rings. The molecule has 184 valence electrons. The van der Waals surface area contributed by atoms with Crippen LogP contribution in [0.5, 0.6) is 0 Å². The van der Waals surface area contributed by atoms with Crippen LogP contribution in [0.15, 0.2) is 23.1 Å². The number of rotatable bonds is 9. The van der Waals surface area contributed by atoms with Gasteiger partial charge in [0.1, 0.15) is 0 Å². The van der Waals surface area contributed by atoms with Gasteiger partial charge in [0.15, 0.2) is 0 Å². The molecule has 3 rings (SSSR count). The molecule has 0 bridgehead atoms. The number of nitrogens with zero attached hydrogens (tertiary/aromatic N) is 3. The lowest BCUT2D eigenvalue weighted by Gasteiger charge is -2.34. The minimum atomic E-state index is -3.68. The molecule has 1 aromatic carbocycles. The first-order valence-corrected chi connectivity index (χ1v) is 12.7. The number of carbonyl (C=O) groups excluding carboxylic acids is 2. The van der Waals surface area contributed by atoms with Gasteiger partial charge in [-0.15, -0.1) is 0 Å². The Morgan fingerprint density at radius 2 is 1.79 bits per heavy atom. The Bertz CT molecular complexity index is 925. The second-order valence-electron chi connectivity index (χ2n) is 8.26. The smallest absolute Gasteiger partial charge is 0.254 e. The molecule has 11 heteroatoms. The van der Waals surface area contributed by atoms with Crippen molar-refractivity contribution in [1.82, 2.24) is 19.4 Å². The monoisotopic (exact) mass is 482 g/mol. The molecular formula is C22H34N4O6S. The van der Waals surface area contributed by atoms with Crippen LogP contribution in [0.4, 0.5) is 0 Å². The summed E-state index contributed by atoms with van der Waals surface area (Å²) in [5, 5.41) is 2.87. The number of piperazine rings is 1. The second kappa shape index (κ2) is 11.9. The molecule has 10 nitrogen and oxygen atoms in total. The minimum absolute atomic E-state index is 0.0391. The van der Waals surface area contributed by atoms with Gasteiger partial charge in [-0.1, -0.05) is 6.07 Å². The summed E-state index contributed by atoms with van der Waals surface area (Å²) in [6, 6.07) is 4.73. The number of sulfonamides is 1. The zero-order chi connectivity index (χ0) is 23.8. The van der Waals surface area contributed by atoms with Crippen molar-refractivity contribution in [2.45, 2.75) is 18.2 Å². The first-order valence-electron chi connectivity index (χ1n) is 11.3. The van der Waals surface area contributed by atoms with Gasteiger partial charge >= 0.3 is 0 Å². The van der Waals surface area contributed by atoms with E-state index in [-0.39, 0.29) is 16.7 Å². The highest BCUT2D eigenvalue weighted by Gasteiger charge is 2.29. The molecule has 0 unspecified atom stereocenters. The first-order chi connectivity index (χ1) is 15.8. The van der Waals surface area contributed by atoms with Gasteiger partial charge in [-0.2, -0.15) is 4.31 Å². The average Bonchev–Trinajstić information content (AvgIpc) is 2.82. The summed E-state index contributed by atoms with van der Waals surface area (Å²) >= 11 is 0. The maximum Gasteiger partial charge on any atom is 0.254 e. The molecule has 0 aromatic heterocycles. The van der Waals surface area contributed by atoms with Crippen molar-refractivity contribution in [3.8, 4) is 0 Å². The summed E-state index contributed by atoms with van der Waals surface area (Å²) in [6.07, 6.45) is 0.768. The van der Waals surface area contributed by atoms with E-state index in [9.17, 15) is 18.0 Å². The summed E-state index contributed by atoms with van der Waals surface area (Å²) in [5.41, 5.74) is 1.13. The van der Waals surface area contributed by atoms with Crippen LogP contribution in [-0.4, -0.2) is 114 Å². The number of methoxy groups -OCH3 is 1. The molecule has 1 N–H and O–H groups in total. The van der Waals surface area contributed by atoms with Gasteiger partial charge in [-0.25, -0.2) is 8.42 Å². The van der Waals surface area contributed by atoms with Crippen LogP contribution in [0, 0.1) is 6.92 Å². The number of aryl methyl sites for hydroxylation is 1. The zero-order valence-electron chi connectivity index (χ0n) is 19.4. The lowest BCUT2D eigenvalue weighted by molar-refractivity contribution is -0.122. The van der Waals surface area contributed by atoms with Gasteiger partial charge in [0.25, 0.3) is 5.91 Å². The molecule has 0 saturated carbocycles. The van der Waals surface area contributed by atoms with Gasteiger partial charge < -0.3 is 19.7 Å². The van der Waals surface area contributed by atoms with Gasteiger partial charge in [0, 0.05) is 65.1 Å². The van der Waals surface area contributed by atoms with Crippen molar-refractivity contribution >= 4 is 21.8 Å². The van der Waals surface area contributed by atoms with Crippen LogP contribution in [0.1, 0.15) is 22.3 Å². The van der Waals surface area contributed by atoms with E-state index < -0.39 is 10.0 Å². The minimum Gasteiger partial charge on any atom is -0.385 e. The highest BCUT2D eigenvalue weighted by atomic mass is 32.2. The topological polar surface area (TPSA) is 108 Å². The van der Waals surface area contributed by atoms with E-state index in [0.29, 0.717) is 77.7 Å². The molecule has 1 aromatic rings. The molecule has 0 spiro atoms. The number of carbonyl (C=O) groups is 2. The standard InChI is InChI=1S/C22H34N4O6S/c1-18-4-5-19(33(29,30)26-11-14-32-15-12-26)16-20(18)22(28)25-9-7-24(8-10-25)17-21(27)23-6-3-13-31-2/h4-5,16H,3,6-15,17H2,1-2H3,(H,23,27). The largest absolute Gasteiger partial charge is 0.385 e. The Labute approximate surface area is 195 Å². The van der Waals surface area contributed by atoms with Crippen LogP contribution in [0.25, 0.3) is 0 Å². The molecule has 2 amide bonds. The van der Waals surface area contributed by atoms with Gasteiger partial charge in [-0.05, 0) is 31.0 Å². The lowest BCUT2D eigenvalue weighted by Crippen LogP contribution is -2.51. The van der Waals surface area contributed by atoms with Crippen molar-refractivity contribution in [2.24, 2.45) is 0 Å². The van der Waals surface area contributed by atoms with Crippen molar-refractivity contribution in [3.05, 3.63) is 29.3 Å². The second-order valence-corrected chi connectivity index (χ2v) is 10.2. The summed E-state index contributed by atoms with van der Waals surface area (Å²) in [4.78, 5) is 29.1. The van der Waals surface area contributed by atoms with Crippen LogP contribution < -0.4 is 5.32 Å². The molecule has 2 aliphatic heterocycles. The summed E-state index contributed by atoms with van der Waals surface area (Å²) in [5.74, 6) is -0.224.